The number of fused-ring (bicyclic) bond motifs is 1. The van der Waals surface area contributed by atoms with E-state index in [9.17, 15) is 4.79 Å². The second-order valence-corrected chi connectivity index (χ2v) is 10.2. The van der Waals surface area contributed by atoms with Crippen LogP contribution in [-0.2, 0) is 17.8 Å². The Kier molecular flexibility index (Phi) is 7.27. The molecule has 2 aliphatic heterocycles. The summed E-state index contributed by atoms with van der Waals surface area (Å²) in [4.78, 5) is 17.4. The average molecular weight is 476 g/mol. The largest absolute Gasteiger partial charge is 0.356 e. The van der Waals surface area contributed by atoms with Gasteiger partial charge in [0.15, 0.2) is 11.5 Å². The van der Waals surface area contributed by atoms with Gasteiger partial charge < -0.3 is 10.2 Å². The van der Waals surface area contributed by atoms with Crippen LogP contribution in [0, 0.1) is 19.8 Å². The molecule has 0 radical (unpaired) electrons. The van der Waals surface area contributed by atoms with Crippen LogP contribution in [0.15, 0.2) is 30.3 Å². The van der Waals surface area contributed by atoms with Crippen molar-refractivity contribution in [2.24, 2.45) is 5.92 Å². The van der Waals surface area contributed by atoms with Gasteiger partial charge in [0.1, 0.15) is 5.82 Å². The fourth-order valence-corrected chi connectivity index (χ4v) is 5.23. The summed E-state index contributed by atoms with van der Waals surface area (Å²) in [5.41, 5.74) is 4.86. The number of benzene rings is 1. The highest BCUT2D eigenvalue weighted by Gasteiger charge is 2.21. The summed E-state index contributed by atoms with van der Waals surface area (Å²) >= 11 is 0. The van der Waals surface area contributed by atoms with Crippen LogP contribution in [-0.4, -0.2) is 63.3 Å². The molecule has 2 fully saturated rings. The predicted molar refractivity (Wildman–Crippen MR) is 137 cm³/mol. The van der Waals surface area contributed by atoms with Crippen LogP contribution in [0.25, 0.3) is 5.65 Å². The molecule has 0 saturated carbocycles. The number of carbonyl (C=O) groups excluding carboxylic acids is 1. The van der Waals surface area contributed by atoms with Crippen LogP contribution in [0.3, 0.4) is 0 Å². The topological polar surface area (TPSA) is 78.7 Å². The number of likely N-dealkylation sites (tertiary alicyclic amines) is 1. The van der Waals surface area contributed by atoms with Crippen molar-refractivity contribution in [1.82, 2.24) is 30.0 Å². The Labute approximate surface area is 207 Å². The van der Waals surface area contributed by atoms with Gasteiger partial charge in [-0.25, -0.2) is 0 Å². The maximum absolute atomic E-state index is 12.6. The maximum atomic E-state index is 12.6. The van der Waals surface area contributed by atoms with Crippen molar-refractivity contribution < 1.29 is 4.79 Å². The Morgan fingerprint density at radius 2 is 1.83 bits per heavy atom. The zero-order chi connectivity index (χ0) is 24.2. The molecule has 0 atom stereocenters. The summed E-state index contributed by atoms with van der Waals surface area (Å²) in [6, 6.07) is 10.7. The normalized spacial score (nSPS) is 17.4. The molecule has 0 aliphatic carbocycles. The van der Waals surface area contributed by atoms with Gasteiger partial charge in [0.2, 0.25) is 5.91 Å². The molecule has 1 N–H and O–H groups in total. The van der Waals surface area contributed by atoms with Gasteiger partial charge in [-0.2, -0.15) is 4.52 Å². The summed E-state index contributed by atoms with van der Waals surface area (Å²) in [6.45, 7) is 10.4. The molecule has 35 heavy (non-hydrogen) atoms. The SMILES string of the molecule is Cc1ccc(C)c(CN2CCC(CNC(=O)CCc3nnc4ccc(N5CCCC5)nn34)CC2)c1. The third kappa shape index (κ3) is 5.81. The first-order valence-corrected chi connectivity index (χ1v) is 13.1. The lowest BCUT2D eigenvalue weighted by Gasteiger charge is -2.32. The molecule has 1 aromatic carbocycles. The summed E-state index contributed by atoms with van der Waals surface area (Å²) in [5, 5.41) is 16.4. The van der Waals surface area contributed by atoms with E-state index in [1.807, 2.05) is 12.1 Å². The van der Waals surface area contributed by atoms with Gasteiger partial charge in [0, 0.05) is 39.0 Å². The van der Waals surface area contributed by atoms with E-state index in [4.69, 9.17) is 5.10 Å². The average Bonchev–Trinajstić information content (AvgIpc) is 3.54. The minimum atomic E-state index is 0.0789. The van der Waals surface area contributed by atoms with Crippen LogP contribution >= 0.6 is 0 Å². The minimum Gasteiger partial charge on any atom is -0.356 e. The maximum Gasteiger partial charge on any atom is 0.220 e. The first-order valence-electron chi connectivity index (χ1n) is 13.1. The van der Waals surface area contributed by atoms with Gasteiger partial charge in [0.25, 0.3) is 0 Å². The van der Waals surface area contributed by atoms with Gasteiger partial charge in [0.05, 0.1) is 0 Å². The Hall–Kier alpha value is -3.00. The molecule has 8 heteroatoms. The highest BCUT2D eigenvalue weighted by atomic mass is 16.1. The molecule has 0 unspecified atom stereocenters. The number of aryl methyl sites for hydroxylation is 3. The summed E-state index contributed by atoms with van der Waals surface area (Å²) in [7, 11) is 0. The first kappa shape index (κ1) is 23.7. The number of amides is 1. The lowest BCUT2D eigenvalue weighted by Crippen LogP contribution is -2.38. The number of nitrogens with one attached hydrogen (secondary N) is 1. The third-order valence-corrected chi connectivity index (χ3v) is 7.51. The molecule has 3 aromatic rings. The molecule has 0 bridgehead atoms. The number of hydrogen-bond acceptors (Lipinski definition) is 6. The van der Waals surface area contributed by atoms with Crippen molar-refractivity contribution in [3.8, 4) is 0 Å². The quantitative estimate of drug-likeness (QED) is 0.539. The van der Waals surface area contributed by atoms with Crippen LogP contribution in [0.1, 0.15) is 54.6 Å². The van der Waals surface area contributed by atoms with Gasteiger partial charge in [-0.15, -0.1) is 15.3 Å². The zero-order valence-electron chi connectivity index (χ0n) is 21.0. The van der Waals surface area contributed by atoms with Crippen molar-refractivity contribution in [3.05, 3.63) is 52.8 Å². The van der Waals surface area contributed by atoms with E-state index in [2.05, 4.69) is 57.4 Å². The van der Waals surface area contributed by atoms with E-state index in [1.54, 1.807) is 4.52 Å². The molecular weight excluding hydrogens is 438 g/mol. The Morgan fingerprint density at radius 3 is 2.63 bits per heavy atom. The zero-order valence-corrected chi connectivity index (χ0v) is 21.0. The Bertz CT molecular complexity index is 1160. The number of aromatic nitrogens is 4. The first-order chi connectivity index (χ1) is 17.0. The number of piperidine rings is 1. The number of carbonyl (C=O) groups is 1. The molecule has 5 rings (SSSR count). The highest BCUT2D eigenvalue weighted by molar-refractivity contribution is 5.76. The second-order valence-electron chi connectivity index (χ2n) is 10.2. The molecule has 2 aromatic heterocycles. The molecular formula is C27H37N7O. The van der Waals surface area contributed by atoms with Gasteiger partial charge in [-0.3, -0.25) is 9.69 Å². The van der Waals surface area contributed by atoms with E-state index in [0.717, 1.165) is 69.4 Å². The lowest BCUT2D eigenvalue weighted by molar-refractivity contribution is -0.121. The van der Waals surface area contributed by atoms with Crippen molar-refractivity contribution in [1.29, 1.82) is 0 Å². The van der Waals surface area contributed by atoms with Crippen LogP contribution in [0.5, 0.6) is 0 Å². The Balaban J connectivity index is 1.06. The van der Waals surface area contributed by atoms with Crippen molar-refractivity contribution in [3.63, 3.8) is 0 Å². The second kappa shape index (κ2) is 10.7. The van der Waals surface area contributed by atoms with Gasteiger partial charge in [-0.05, 0) is 81.8 Å². The van der Waals surface area contributed by atoms with E-state index < -0.39 is 0 Å². The fourth-order valence-electron chi connectivity index (χ4n) is 5.23. The molecule has 4 heterocycles. The molecule has 1 amide bonds. The van der Waals surface area contributed by atoms with E-state index in [-0.39, 0.29) is 5.91 Å². The minimum absolute atomic E-state index is 0.0789. The smallest absolute Gasteiger partial charge is 0.220 e. The third-order valence-electron chi connectivity index (χ3n) is 7.51. The van der Waals surface area contributed by atoms with Gasteiger partial charge >= 0.3 is 0 Å². The highest BCUT2D eigenvalue weighted by Crippen LogP contribution is 2.21. The van der Waals surface area contributed by atoms with Crippen LogP contribution in [0.2, 0.25) is 0 Å². The van der Waals surface area contributed by atoms with Crippen molar-refractivity contribution in [2.75, 3.05) is 37.6 Å². The summed E-state index contributed by atoms with van der Waals surface area (Å²) in [6.07, 6.45) is 5.62. The molecule has 2 saturated heterocycles. The van der Waals surface area contributed by atoms with E-state index >= 15 is 0 Å². The molecule has 186 valence electrons. The standard InChI is InChI=1S/C27H37N7O/c1-20-5-6-21(2)23(17-20)19-32-15-11-22(12-16-32)18-28-27(35)10-9-25-30-29-24-7-8-26(31-34(24)25)33-13-3-4-14-33/h5-8,17,22H,3-4,9-16,18-19H2,1-2H3,(H,28,35). The number of hydrogen-bond donors (Lipinski definition) is 1. The van der Waals surface area contributed by atoms with E-state index in [1.165, 1.54) is 29.5 Å². The monoisotopic (exact) mass is 475 g/mol. The van der Waals surface area contributed by atoms with E-state index in [0.29, 0.717) is 18.8 Å². The Morgan fingerprint density at radius 1 is 1.03 bits per heavy atom. The van der Waals surface area contributed by atoms with Crippen molar-refractivity contribution in [2.45, 2.75) is 58.9 Å². The predicted octanol–water partition coefficient (Wildman–Crippen LogP) is 3.30. The molecule has 8 nitrogen and oxygen atoms in total. The molecule has 0 spiro atoms. The summed E-state index contributed by atoms with van der Waals surface area (Å²) in [5.74, 6) is 2.34. The van der Waals surface area contributed by atoms with Crippen molar-refractivity contribution >= 4 is 17.4 Å². The molecule has 2 aliphatic rings. The van der Waals surface area contributed by atoms with Crippen LogP contribution in [0.4, 0.5) is 5.82 Å². The van der Waals surface area contributed by atoms with Crippen LogP contribution < -0.4 is 10.2 Å². The van der Waals surface area contributed by atoms with Gasteiger partial charge in [-0.1, -0.05) is 23.8 Å². The lowest BCUT2D eigenvalue weighted by atomic mass is 9.95. The fraction of sp³-hybridized carbons (Fsp3) is 0.556. The number of nitrogens with zero attached hydrogens (tertiary/aromatic N) is 6. The summed E-state index contributed by atoms with van der Waals surface area (Å²) < 4.78 is 1.80. The number of anilines is 1. The number of rotatable bonds is 8.